The van der Waals surface area contributed by atoms with Crippen LogP contribution in [0.5, 0.6) is 0 Å². The Morgan fingerprint density at radius 2 is 2.33 bits per heavy atom. The Morgan fingerprint density at radius 3 is 3.06 bits per heavy atom. The van der Waals surface area contributed by atoms with E-state index in [2.05, 4.69) is 40.3 Å². The largest absolute Gasteiger partial charge is 0.360 e. The number of piperazine rings is 1. The lowest BCUT2D eigenvalue weighted by Crippen LogP contribution is -2.50. The van der Waals surface area contributed by atoms with Crippen LogP contribution in [0.2, 0.25) is 0 Å². The number of aromatic nitrogens is 1. The van der Waals surface area contributed by atoms with Crippen molar-refractivity contribution in [1.29, 1.82) is 0 Å². The Kier molecular flexibility index (Phi) is 4.74. The summed E-state index contributed by atoms with van der Waals surface area (Å²) in [5.41, 5.74) is 0.980. The van der Waals surface area contributed by atoms with E-state index in [1.54, 1.807) is 0 Å². The molecule has 0 saturated carbocycles. The molecule has 18 heavy (non-hydrogen) atoms. The van der Waals surface area contributed by atoms with Gasteiger partial charge < -0.3 is 14.7 Å². The molecule has 1 aromatic heterocycles. The van der Waals surface area contributed by atoms with Crippen molar-refractivity contribution in [3.8, 4) is 0 Å². The summed E-state index contributed by atoms with van der Waals surface area (Å²) in [6, 6.07) is 2.72. The van der Waals surface area contributed by atoms with Gasteiger partial charge in [0.1, 0.15) is 0 Å². The van der Waals surface area contributed by atoms with E-state index in [1.807, 2.05) is 7.05 Å². The predicted octanol–water partition coefficient (Wildman–Crippen LogP) is 0.920. The molecule has 1 atom stereocenters. The van der Waals surface area contributed by atoms with Crippen LogP contribution in [0.15, 0.2) is 10.6 Å². The monoisotopic (exact) mass is 252 g/mol. The van der Waals surface area contributed by atoms with Gasteiger partial charge in [-0.2, -0.15) is 0 Å². The second-order valence-electron chi connectivity index (χ2n) is 5.09. The zero-order valence-electron chi connectivity index (χ0n) is 11.6. The van der Waals surface area contributed by atoms with Crippen molar-refractivity contribution in [3.05, 3.63) is 17.5 Å². The standard InChI is InChI=1S/C13H24N4O/c1-4-12-9-17(6-5-16(12)3)10-13-7-11(8-14-2)15-18-13/h7,12,14H,4-6,8-10H2,1-3H3. The van der Waals surface area contributed by atoms with Crippen LogP contribution in [-0.2, 0) is 13.1 Å². The van der Waals surface area contributed by atoms with E-state index < -0.39 is 0 Å². The topological polar surface area (TPSA) is 44.5 Å². The van der Waals surface area contributed by atoms with Crippen LogP contribution in [0.1, 0.15) is 24.8 Å². The number of hydrogen-bond donors (Lipinski definition) is 1. The Hall–Kier alpha value is -0.910. The van der Waals surface area contributed by atoms with Crippen molar-refractivity contribution in [2.75, 3.05) is 33.7 Å². The number of nitrogens with one attached hydrogen (secondary N) is 1. The van der Waals surface area contributed by atoms with Gasteiger partial charge in [-0.05, 0) is 20.5 Å². The lowest BCUT2D eigenvalue weighted by molar-refractivity contribution is 0.0819. The van der Waals surface area contributed by atoms with E-state index in [0.717, 1.165) is 44.2 Å². The third-order valence-corrected chi connectivity index (χ3v) is 3.68. The van der Waals surface area contributed by atoms with Crippen molar-refractivity contribution < 1.29 is 4.52 Å². The summed E-state index contributed by atoms with van der Waals surface area (Å²) in [4.78, 5) is 4.90. The third-order valence-electron chi connectivity index (χ3n) is 3.68. The van der Waals surface area contributed by atoms with E-state index in [4.69, 9.17) is 4.52 Å². The van der Waals surface area contributed by atoms with Crippen molar-refractivity contribution in [1.82, 2.24) is 20.3 Å². The maximum atomic E-state index is 5.37. The van der Waals surface area contributed by atoms with E-state index >= 15 is 0 Å². The van der Waals surface area contributed by atoms with Crippen LogP contribution in [0.4, 0.5) is 0 Å². The predicted molar refractivity (Wildman–Crippen MR) is 71.3 cm³/mol. The van der Waals surface area contributed by atoms with Gasteiger partial charge in [-0.1, -0.05) is 12.1 Å². The van der Waals surface area contributed by atoms with Crippen molar-refractivity contribution in [3.63, 3.8) is 0 Å². The first-order valence-electron chi connectivity index (χ1n) is 6.74. The van der Waals surface area contributed by atoms with Crippen molar-refractivity contribution in [2.45, 2.75) is 32.5 Å². The molecule has 0 spiro atoms. The lowest BCUT2D eigenvalue weighted by atomic mass is 10.1. The molecule has 1 aliphatic heterocycles. The summed E-state index contributed by atoms with van der Waals surface area (Å²) in [5.74, 6) is 0.972. The van der Waals surface area contributed by atoms with Crippen molar-refractivity contribution in [2.24, 2.45) is 0 Å². The fraction of sp³-hybridized carbons (Fsp3) is 0.769. The summed E-state index contributed by atoms with van der Waals surface area (Å²) < 4.78 is 5.37. The van der Waals surface area contributed by atoms with Crippen LogP contribution in [0.3, 0.4) is 0 Å². The molecule has 1 aromatic rings. The first kappa shape index (κ1) is 13.5. The summed E-state index contributed by atoms with van der Waals surface area (Å²) >= 11 is 0. The Bertz CT molecular complexity index is 366. The molecule has 1 aliphatic rings. The highest BCUT2D eigenvalue weighted by molar-refractivity contribution is 5.05. The van der Waals surface area contributed by atoms with Gasteiger partial charge in [0.25, 0.3) is 0 Å². The second-order valence-corrected chi connectivity index (χ2v) is 5.09. The second kappa shape index (κ2) is 6.31. The van der Waals surface area contributed by atoms with Gasteiger partial charge in [0.15, 0.2) is 5.76 Å². The molecule has 1 saturated heterocycles. The minimum Gasteiger partial charge on any atom is -0.360 e. The molecule has 1 fully saturated rings. The molecule has 0 aromatic carbocycles. The van der Waals surface area contributed by atoms with Gasteiger partial charge in [-0.3, -0.25) is 4.90 Å². The van der Waals surface area contributed by atoms with Crippen LogP contribution in [-0.4, -0.2) is 54.7 Å². The Morgan fingerprint density at radius 1 is 1.50 bits per heavy atom. The molecule has 0 radical (unpaired) electrons. The summed E-state index contributed by atoms with van der Waals surface area (Å²) in [6.07, 6.45) is 1.20. The van der Waals surface area contributed by atoms with E-state index in [0.29, 0.717) is 6.04 Å². The smallest absolute Gasteiger partial charge is 0.151 e. The van der Waals surface area contributed by atoms with Gasteiger partial charge in [0.05, 0.1) is 12.2 Å². The number of hydrogen-bond acceptors (Lipinski definition) is 5. The lowest BCUT2D eigenvalue weighted by Gasteiger charge is -2.38. The molecule has 2 heterocycles. The number of rotatable bonds is 5. The maximum absolute atomic E-state index is 5.37. The molecule has 5 heteroatoms. The van der Waals surface area contributed by atoms with Gasteiger partial charge in [-0.15, -0.1) is 0 Å². The van der Waals surface area contributed by atoms with Gasteiger partial charge >= 0.3 is 0 Å². The normalized spacial score (nSPS) is 22.5. The molecule has 0 amide bonds. The average Bonchev–Trinajstić information content (AvgIpc) is 2.80. The number of nitrogens with zero attached hydrogens (tertiary/aromatic N) is 3. The summed E-state index contributed by atoms with van der Waals surface area (Å²) in [6.45, 7) is 7.26. The fourth-order valence-corrected chi connectivity index (χ4v) is 2.51. The first-order valence-corrected chi connectivity index (χ1v) is 6.74. The Balaban J connectivity index is 1.88. The summed E-state index contributed by atoms with van der Waals surface area (Å²) in [5, 5.41) is 7.13. The van der Waals surface area contributed by atoms with Crippen LogP contribution in [0.25, 0.3) is 0 Å². The van der Waals surface area contributed by atoms with E-state index in [-0.39, 0.29) is 0 Å². The highest BCUT2D eigenvalue weighted by atomic mass is 16.5. The van der Waals surface area contributed by atoms with Crippen LogP contribution >= 0.6 is 0 Å². The highest BCUT2D eigenvalue weighted by Crippen LogP contribution is 2.14. The van der Waals surface area contributed by atoms with Crippen LogP contribution in [0, 0.1) is 0 Å². The van der Waals surface area contributed by atoms with Gasteiger partial charge in [-0.25, -0.2) is 0 Å². The molecule has 1 N–H and O–H groups in total. The molecule has 0 aliphatic carbocycles. The molecule has 1 unspecified atom stereocenters. The molecule has 5 nitrogen and oxygen atoms in total. The molecular formula is C13H24N4O. The van der Waals surface area contributed by atoms with Crippen LogP contribution < -0.4 is 5.32 Å². The minimum absolute atomic E-state index is 0.665. The third kappa shape index (κ3) is 3.31. The SMILES string of the molecule is CCC1CN(Cc2cc(CNC)no2)CCN1C. The Labute approximate surface area is 109 Å². The minimum atomic E-state index is 0.665. The number of likely N-dealkylation sites (N-methyl/N-ethyl adjacent to an activating group) is 1. The van der Waals surface area contributed by atoms with E-state index in [9.17, 15) is 0 Å². The summed E-state index contributed by atoms with van der Waals surface area (Å²) in [7, 11) is 4.13. The average molecular weight is 252 g/mol. The molecule has 102 valence electrons. The molecule has 0 bridgehead atoms. The highest BCUT2D eigenvalue weighted by Gasteiger charge is 2.23. The molecule has 2 rings (SSSR count). The zero-order chi connectivity index (χ0) is 13.0. The van der Waals surface area contributed by atoms with Crippen molar-refractivity contribution >= 4 is 0 Å². The first-order chi connectivity index (χ1) is 8.72. The van der Waals surface area contributed by atoms with E-state index in [1.165, 1.54) is 6.42 Å². The quantitative estimate of drug-likeness (QED) is 0.844. The fourth-order valence-electron chi connectivity index (χ4n) is 2.51. The van der Waals surface area contributed by atoms with Gasteiger partial charge in [0, 0.05) is 38.3 Å². The zero-order valence-corrected chi connectivity index (χ0v) is 11.6. The maximum Gasteiger partial charge on any atom is 0.151 e. The van der Waals surface area contributed by atoms with Gasteiger partial charge in [0.2, 0.25) is 0 Å². The molecular weight excluding hydrogens is 228 g/mol.